The highest BCUT2D eigenvalue weighted by atomic mass is 16.5. The number of hydrogen-bond acceptors (Lipinski definition) is 6. The van der Waals surface area contributed by atoms with E-state index in [9.17, 15) is 19.8 Å². The Morgan fingerprint density at radius 3 is 2.57 bits per heavy atom. The zero-order valence-electron chi connectivity index (χ0n) is 13.2. The number of aliphatic hydroxyl groups is 1. The van der Waals surface area contributed by atoms with Crippen molar-refractivity contribution in [1.82, 2.24) is 4.90 Å². The number of methoxy groups -OCH3 is 2. The first kappa shape index (κ1) is 16.8. The fourth-order valence-corrected chi connectivity index (χ4v) is 2.64. The third kappa shape index (κ3) is 3.00. The number of carbonyl (C=O) groups is 2. The van der Waals surface area contributed by atoms with Crippen LogP contribution in [0, 0.1) is 0 Å². The number of ether oxygens (including phenoxy) is 2. The van der Waals surface area contributed by atoms with E-state index in [4.69, 9.17) is 9.47 Å². The minimum absolute atomic E-state index is 0.0267. The summed E-state index contributed by atoms with van der Waals surface area (Å²) in [5, 5.41) is 19.8. The van der Waals surface area contributed by atoms with Crippen molar-refractivity contribution in [1.29, 1.82) is 0 Å². The van der Waals surface area contributed by atoms with Crippen molar-refractivity contribution in [3.8, 4) is 11.5 Å². The average molecular weight is 321 g/mol. The first-order valence-electron chi connectivity index (χ1n) is 7.03. The lowest BCUT2D eigenvalue weighted by atomic mass is 9.96. The van der Waals surface area contributed by atoms with Crippen LogP contribution in [0.4, 0.5) is 0 Å². The van der Waals surface area contributed by atoms with E-state index in [0.29, 0.717) is 5.56 Å². The van der Waals surface area contributed by atoms with Crippen LogP contribution in [0.3, 0.4) is 0 Å². The maximum atomic E-state index is 12.3. The second kappa shape index (κ2) is 6.70. The van der Waals surface area contributed by atoms with Gasteiger partial charge in [-0.15, -0.1) is 0 Å². The number of phenols is 1. The van der Waals surface area contributed by atoms with Crippen LogP contribution in [0.1, 0.15) is 18.5 Å². The SMILES string of the molecule is COCCN1C(=O)C(O)=C(C(C)=O)[C@H]1c1ccc(O)c(OC)c1. The van der Waals surface area contributed by atoms with Crippen LogP contribution in [-0.4, -0.2) is 54.2 Å². The number of hydrogen-bond donors (Lipinski definition) is 2. The molecule has 0 saturated carbocycles. The van der Waals surface area contributed by atoms with Crippen molar-refractivity contribution in [2.45, 2.75) is 13.0 Å². The van der Waals surface area contributed by atoms with Gasteiger partial charge in [0.05, 0.1) is 25.3 Å². The average Bonchev–Trinajstić information content (AvgIpc) is 2.77. The molecular weight excluding hydrogens is 302 g/mol. The van der Waals surface area contributed by atoms with Crippen molar-refractivity contribution in [3.05, 3.63) is 35.1 Å². The number of carbonyl (C=O) groups excluding carboxylic acids is 2. The van der Waals surface area contributed by atoms with Gasteiger partial charge < -0.3 is 24.6 Å². The van der Waals surface area contributed by atoms with E-state index < -0.39 is 23.5 Å². The highest BCUT2D eigenvalue weighted by Gasteiger charge is 2.42. The minimum Gasteiger partial charge on any atom is -0.504 e. The van der Waals surface area contributed by atoms with Gasteiger partial charge in [0.1, 0.15) is 0 Å². The predicted octanol–water partition coefficient (Wildman–Crippen LogP) is 1.33. The predicted molar refractivity (Wildman–Crippen MR) is 81.3 cm³/mol. The van der Waals surface area contributed by atoms with Gasteiger partial charge in [-0.3, -0.25) is 9.59 Å². The number of phenolic OH excluding ortho intramolecular Hbond substituents is 1. The number of nitrogens with zero attached hydrogens (tertiary/aromatic N) is 1. The first-order valence-corrected chi connectivity index (χ1v) is 7.03. The standard InChI is InChI=1S/C16H19NO6/c1-9(18)13-14(10-4-5-11(19)12(8-10)23-3)17(6-7-22-2)16(21)15(13)20/h4-5,8,14,19-20H,6-7H2,1-3H3/t14-/m1/s1. The summed E-state index contributed by atoms with van der Waals surface area (Å²) in [6, 6.07) is 3.79. The molecule has 0 saturated heterocycles. The Balaban J connectivity index is 2.52. The van der Waals surface area contributed by atoms with Crippen LogP contribution in [0.15, 0.2) is 29.5 Å². The molecule has 0 fully saturated rings. The fourth-order valence-electron chi connectivity index (χ4n) is 2.64. The van der Waals surface area contributed by atoms with Crippen molar-refractivity contribution in [3.63, 3.8) is 0 Å². The zero-order valence-corrected chi connectivity index (χ0v) is 13.2. The molecule has 1 aromatic rings. The van der Waals surface area contributed by atoms with E-state index in [1.807, 2.05) is 0 Å². The van der Waals surface area contributed by atoms with Crippen LogP contribution in [-0.2, 0) is 14.3 Å². The van der Waals surface area contributed by atoms with Crippen LogP contribution >= 0.6 is 0 Å². The monoisotopic (exact) mass is 321 g/mol. The molecule has 1 aromatic carbocycles. The summed E-state index contributed by atoms with van der Waals surface area (Å²) in [6.45, 7) is 1.77. The number of benzene rings is 1. The normalized spacial score (nSPS) is 17.8. The summed E-state index contributed by atoms with van der Waals surface area (Å²) < 4.78 is 10.1. The Morgan fingerprint density at radius 1 is 1.30 bits per heavy atom. The van der Waals surface area contributed by atoms with Gasteiger partial charge in [-0.2, -0.15) is 0 Å². The third-order valence-electron chi connectivity index (χ3n) is 3.74. The van der Waals surface area contributed by atoms with Gasteiger partial charge in [-0.1, -0.05) is 6.07 Å². The highest BCUT2D eigenvalue weighted by molar-refractivity contribution is 6.08. The molecule has 1 atom stereocenters. The summed E-state index contributed by atoms with van der Waals surface area (Å²) in [7, 11) is 2.90. The minimum atomic E-state index is -0.746. The smallest absolute Gasteiger partial charge is 0.290 e. The van der Waals surface area contributed by atoms with Gasteiger partial charge >= 0.3 is 0 Å². The Kier molecular flexibility index (Phi) is 4.90. The second-order valence-electron chi connectivity index (χ2n) is 5.14. The third-order valence-corrected chi connectivity index (χ3v) is 3.74. The van der Waals surface area contributed by atoms with Crippen molar-refractivity contribution >= 4 is 11.7 Å². The topological polar surface area (TPSA) is 96.3 Å². The van der Waals surface area contributed by atoms with E-state index in [0.717, 1.165) is 0 Å². The molecular formula is C16H19NO6. The Hall–Kier alpha value is -2.54. The molecule has 2 N–H and O–H groups in total. The molecule has 1 aliphatic heterocycles. The number of aromatic hydroxyl groups is 1. The van der Waals surface area contributed by atoms with Gasteiger partial charge in [0.2, 0.25) is 0 Å². The van der Waals surface area contributed by atoms with E-state index in [-0.39, 0.29) is 30.2 Å². The molecule has 124 valence electrons. The number of Topliss-reactive ketones (excluding diaryl/α,β-unsaturated/α-hetero) is 1. The molecule has 0 bridgehead atoms. The Bertz CT molecular complexity index is 667. The molecule has 0 aliphatic carbocycles. The molecule has 1 amide bonds. The number of rotatable bonds is 6. The molecule has 0 unspecified atom stereocenters. The molecule has 7 nitrogen and oxygen atoms in total. The van der Waals surface area contributed by atoms with Crippen LogP contribution < -0.4 is 4.74 Å². The summed E-state index contributed by atoms with van der Waals surface area (Å²) >= 11 is 0. The van der Waals surface area contributed by atoms with Gasteiger partial charge in [0.25, 0.3) is 5.91 Å². The van der Waals surface area contributed by atoms with Crippen molar-refractivity contribution < 1.29 is 29.3 Å². The van der Waals surface area contributed by atoms with Gasteiger partial charge in [0, 0.05) is 13.7 Å². The largest absolute Gasteiger partial charge is 0.504 e. The van der Waals surface area contributed by atoms with Crippen molar-refractivity contribution in [2.75, 3.05) is 27.4 Å². The van der Waals surface area contributed by atoms with E-state index in [1.54, 1.807) is 6.07 Å². The lowest BCUT2D eigenvalue weighted by molar-refractivity contribution is -0.130. The molecule has 0 spiro atoms. The van der Waals surface area contributed by atoms with E-state index in [1.165, 1.54) is 38.2 Å². The molecule has 0 aromatic heterocycles. The van der Waals surface area contributed by atoms with E-state index in [2.05, 4.69) is 0 Å². The molecule has 2 rings (SSSR count). The maximum absolute atomic E-state index is 12.3. The summed E-state index contributed by atoms with van der Waals surface area (Å²) in [5.41, 5.74) is 0.581. The molecule has 1 heterocycles. The number of amides is 1. The van der Waals surface area contributed by atoms with Crippen LogP contribution in [0.5, 0.6) is 11.5 Å². The zero-order chi connectivity index (χ0) is 17.1. The number of aliphatic hydroxyl groups excluding tert-OH is 1. The first-order chi connectivity index (χ1) is 10.9. The highest BCUT2D eigenvalue weighted by Crippen LogP contribution is 2.40. The second-order valence-corrected chi connectivity index (χ2v) is 5.14. The molecule has 0 radical (unpaired) electrons. The van der Waals surface area contributed by atoms with Crippen LogP contribution in [0.25, 0.3) is 0 Å². The van der Waals surface area contributed by atoms with Gasteiger partial charge in [-0.05, 0) is 24.6 Å². The Labute approximate surface area is 133 Å². The molecule has 1 aliphatic rings. The van der Waals surface area contributed by atoms with Gasteiger partial charge in [0.15, 0.2) is 23.0 Å². The fraction of sp³-hybridized carbons (Fsp3) is 0.375. The summed E-state index contributed by atoms with van der Waals surface area (Å²) in [5.74, 6) is -1.40. The van der Waals surface area contributed by atoms with Crippen molar-refractivity contribution in [2.24, 2.45) is 0 Å². The quantitative estimate of drug-likeness (QED) is 0.820. The number of ketones is 1. The summed E-state index contributed by atoms with van der Waals surface area (Å²) in [6.07, 6.45) is 0. The lowest BCUT2D eigenvalue weighted by Crippen LogP contribution is -2.33. The molecule has 7 heteroatoms. The summed E-state index contributed by atoms with van der Waals surface area (Å²) in [4.78, 5) is 25.5. The molecule has 23 heavy (non-hydrogen) atoms. The lowest BCUT2D eigenvalue weighted by Gasteiger charge is -2.26. The van der Waals surface area contributed by atoms with Crippen LogP contribution in [0.2, 0.25) is 0 Å². The maximum Gasteiger partial charge on any atom is 0.290 e. The van der Waals surface area contributed by atoms with E-state index >= 15 is 0 Å². The van der Waals surface area contributed by atoms with Gasteiger partial charge in [-0.25, -0.2) is 0 Å². The Morgan fingerprint density at radius 2 is 2.00 bits per heavy atom.